The molecule has 1 fully saturated rings. The van der Waals surface area contributed by atoms with E-state index in [0.29, 0.717) is 23.2 Å². The van der Waals surface area contributed by atoms with Crippen molar-refractivity contribution in [1.82, 2.24) is 28.5 Å². The van der Waals surface area contributed by atoms with Crippen LogP contribution in [-0.2, 0) is 0 Å². The van der Waals surface area contributed by atoms with E-state index >= 15 is 0 Å². The second-order valence-electron chi connectivity index (χ2n) is 6.93. The van der Waals surface area contributed by atoms with Gasteiger partial charge in [-0.05, 0) is 31.0 Å². The van der Waals surface area contributed by atoms with E-state index in [9.17, 15) is 4.79 Å². The Morgan fingerprint density at radius 3 is 2.89 bits per heavy atom. The fraction of sp³-hybridized carbons (Fsp3) is 0.158. The van der Waals surface area contributed by atoms with Crippen molar-refractivity contribution in [3.8, 4) is 22.6 Å². The number of carbonyl (C=O) groups is 1. The molecular formula is C19H15N7O2. The Morgan fingerprint density at radius 2 is 2.07 bits per heavy atom. The third-order valence-corrected chi connectivity index (χ3v) is 5.07. The van der Waals surface area contributed by atoms with Gasteiger partial charge in [0.1, 0.15) is 29.0 Å². The lowest BCUT2D eigenvalue weighted by Gasteiger charge is -2.05. The van der Waals surface area contributed by atoms with Crippen LogP contribution < -0.4 is 5.73 Å². The SMILES string of the molecule is NC(=O)c1cnc2ccc(-c3c(-c4ccn(C5CC5)n4)nc4occn34)cn12. The van der Waals surface area contributed by atoms with Crippen LogP contribution in [-0.4, -0.2) is 34.5 Å². The van der Waals surface area contributed by atoms with Crippen molar-refractivity contribution in [2.24, 2.45) is 5.73 Å². The van der Waals surface area contributed by atoms with Crippen LogP contribution in [0, 0.1) is 0 Å². The third-order valence-electron chi connectivity index (χ3n) is 5.07. The van der Waals surface area contributed by atoms with Gasteiger partial charge < -0.3 is 10.2 Å². The normalized spacial score (nSPS) is 14.3. The molecule has 5 aromatic rings. The predicted octanol–water partition coefficient (Wildman–Crippen LogP) is 2.54. The fourth-order valence-corrected chi connectivity index (χ4v) is 3.55. The van der Waals surface area contributed by atoms with Crippen LogP contribution >= 0.6 is 0 Å². The van der Waals surface area contributed by atoms with Gasteiger partial charge in [0.15, 0.2) is 0 Å². The molecule has 1 saturated carbocycles. The molecule has 0 unspecified atom stereocenters. The molecule has 0 radical (unpaired) electrons. The van der Waals surface area contributed by atoms with E-state index < -0.39 is 5.91 Å². The summed E-state index contributed by atoms with van der Waals surface area (Å²) in [5.41, 5.74) is 9.62. The molecule has 1 aliphatic carbocycles. The Kier molecular flexibility index (Phi) is 2.89. The van der Waals surface area contributed by atoms with Crippen LogP contribution in [0.25, 0.3) is 34.1 Å². The molecule has 9 heteroatoms. The molecule has 5 aromatic heterocycles. The van der Waals surface area contributed by atoms with Crippen LogP contribution in [0.1, 0.15) is 29.4 Å². The highest BCUT2D eigenvalue weighted by Gasteiger charge is 2.26. The van der Waals surface area contributed by atoms with E-state index in [1.54, 1.807) is 10.7 Å². The number of primary amides is 1. The highest BCUT2D eigenvalue weighted by Crippen LogP contribution is 2.37. The van der Waals surface area contributed by atoms with Gasteiger partial charge in [-0.3, -0.25) is 18.3 Å². The molecule has 0 atom stereocenters. The van der Waals surface area contributed by atoms with Gasteiger partial charge in [0.05, 0.1) is 17.9 Å². The minimum Gasteiger partial charge on any atom is -0.432 e. The molecular weight excluding hydrogens is 358 g/mol. The molecule has 6 rings (SSSR count). The van der Waals surface area contributed by atoms with Crippen molar-refractivity contribution in [3.05, 3.63) is 54.9 Å². The Bertz CT molecular complexity index is 1370. The molecule has 138 valence electrons. The number of imidazole rings is 2. The summed E-state index contributed by atoms with van der Waals surface area (Å²) < 4.78 is 11.1. The monoisotopic (exact) mass is 373 g/mol. The largest absolute Gasteiger partial charge is 0.432 e. The first-order chi connectivity index (χ1) is 13.7. The van der Waals surface area contributed by atoms with Crippen LogP contribution in [0.15, 0.2) is 53.7 Å². The second-order valence-corrected chi connectivity index (χ2v) is 6.93. The van der Waals surface area contributed by atoms with E-state index in [2.05, 4.69) is 9.97 Å². The van der Waals surface area contributed by atoms with Crippen LogP contribution in [0.4, 0.5) is 0 Å². The standard InChI is InChI=1S/C19H15N7O2/c20-18(27)14-9-21-15-4-1-11(10-25(14)15)17-16(22-19-24(17)7-8-28-19)13-5-6-26(23-13)12-2-3-12/h1,4-10,12H,2-3H2,(H2,20,27). The summed E-state index contributed by atoms with van der Waals surface area (Å²) in [5.74, 6) is -0.0541. The van der Waals surface area contributed by atoms with Crippen molar-refractivity contribution in [2.75, 3.05) is 0 Å². The number of nitrogens with two attached hydrogens (primary N) is 1. The number of fused-ring (bicyclic) bond motifs is 2. The summed E-state index contributed by atoms with van der Waals surface area (Å²) in [6.07, 6.45) is 11.0. The van der Waals surface area contributed by atoms with E-state index in [4.69, 9.17) is 15.2 Å². The summed E-state index contributed by atoms with van der Waals surface area (Å²) in [7, 11) is 0. The number of aromatic nitrogens is 6. The molecule has 2 N–H and O–H groups in total. The van der Waals surface area contributed by atoms with Crippen molar-refractivity contribution >= 4 is 17.4 Å². The summed E-state index contributed by atoms with van der Waals surface area (Å²) in [4.78, 5) is 20.6. The van der Waals surface area contributed by atoms with Gasteiger partial charge in [0, 0.05) is 24.2 Å². The van der Waals surface area contributed by atoms with Crippen molar-refractivity contribution in [2.45, 2.75) is 18.9 Å². The van der Waals surface area contributed by atoms with E-state index in [1.807, 2.05) is 45.9 Å². The molecule has 0 bridgehead atoms. The van der Waals surface area contributed by atoms with Gasteiger partial charge in [-0.25, -0.2) is 4.98 Å². The van der Waals surface area contributed by atoms with E-state index in [1.165, 1.54) is 6.20 Å². The average molecular weight is 373 g/mol. The van der Waals surface area contributed by atoms with Gasteiger partial charge in [-0.2, -0.15) is 10.1 Å². The van der Waals surface area contributed by atoms with E-state index in [0.717, 1.165) is 35.5 Å². The summed E-state index contributed by atoms with van der Waals surface area (Å²) >= 11 is 0. The van der Waals surface area contributed by atoms with E-state index in [-0.39, 0.29) is 0 Å². The molecule has 0 spiro atoms. The molecule has 0 saturated heterocycles. The maximum Gasteiger partial charge on any atom is 0.306 e. The van der Waals surface area contributed by atoms with Crippen molar-refractivity contribution < 1.29 is 9.21 Å². The van der Waals surface area contributed by atoms with Gasteiger partial charge in [-0.1, -0.05) is 0 Å². The maximum absolute atomic E-state index is 11.7. The molecule has 1 aliphatic rings. The van der Waals surface area contributed by atoms with Gasteiger partial charge >= 0.3 is 5.84 Å². The minimum absolute atomic E-state index is 0.323. The number of nitrogens with zero attached hydrogens (tertiary/aromatic N) is 6. The number of carbonyl (C=O) groups excluding carboxylic acids is 1. The Balaban J connectivity index is 1.58. The number of hydrogen-bond acceptors (Lipinski definition) is 5. The minimum atomic E-state index is -0.533. The molecule has 0 aliphatic heterocycles. The molecule has 0 aromatic carbocycles. The van der Waals surface area contributed by atoms with Gasteiger partial charge in [0.25, 0.3) is 5.91 Å². The topological polar surface area (TPSA) is 109 Å². The van der Waals surface area contributed by atoms with Crippen LogP contribution in [0.3, 0.4) is 0 Å². The lowest BCUT2D eigenvalue weighted by Crippen LogP contribution is -2.13. The second kappa shape index (κ2) is 5.32. The van der Waals surface area contributed by atoms with Gasteiger partial charge in [-0.15, -0.1) is 0 Å². The van der Waals surface area contributed by atoms with Crippen LogP contribution in [0.5, 0.6) is 0 Å². The summed E-state index contributed by atoms with van der Waals surface area (Å²) in [5, 5.41) is 4.71. The third kappa shape index (κ3) is 2.13. The zero-order valence-electron chi connectivity index (χ0n) is 14.7. The average Bonchev–Trinajstić information content (AvgIpc) is 3.08. The quantitative estimate of drug-likeness (QED) is 0.521. The van der Waals surface area contributed by atoms with Crippen molar-refractivity contribution in [1.29, 1.82) is 0 Å². The molecule has 5 heterocycles. The zero-order chi connectivity index (χ0) is 18.8. The van der Waals surface area contributed by atoms with Crippen LogP contribution in [0.2, 0.25) is 0 Å². The smallest absolute Gasteiger partial charge is 0.306 e. The molecule has 9 nitrogen and oxygen atoms in total. The number of pyridine rings is 1. The number of oxazole rings is 1. The lowest BCUT2D eigenvalue weighted by molar-refractivity contribution is 0.0995. The Labute approximate surface area is 158 Å². The highest BCUT2D eigenvalue weighted by atomic mass is 16.3. The Morgan fingerprint density at radius 1 is 1.18 bits per heavy atom. The van der Waals surface area contributed by atoms with Gasteiger partial charge in [0.2, 0.25) is 0 Å². The van der Waals surface area contributed by atoms with Crippen molar-refractivity contribution in [3.63, 3.8) is 0 Å². The first-order valence-corrected chi connectivity index (χ1v) is 8.97. The summed E-state index contributed by atoms with van der Waals surface area (Å²) in [6.45, 7) is 0. The maximum atomic E-state index is 11.7. The highest BCUT2D eigenvalue weighted by molar-refractivity contribution is 5.92. The molecule has 1 amide bonds. The number of amides is 1. The number of hydrogen-bond donors (Lipinski definition) is 1. The first kappa shape index (κ1) is 15.2. The number of rotatable bonds is 4. The Hall–Kier alpha value is -3.88. The lowest BCUT2D eigenvalue weighted by atomic mass is 10.1. The first-order valence-electron chi connectivity index (χ1n) is 8.97. The fourth-order valence-electron chi connectivity index (χ4n) is 3.55. The zero-order valence-corrected chi connectivity index (χ0v) is 14.7. The predicted molar refractivity (Wildman–Crippen MR) is 99.7 cm³/mol. The summed E-state index contributed by atoms with van der Waals surface area (Å²) in [6, 6.07) is 6.23. The molecule has 28 heavy (non-hydrogen) atoms.